The molecule has 0 radical (unpaired) electrons. The highest BCUT2D eigenvalue weighted by Crippen LogP contribution is 2.22. The molecule has 5 heteroatoms. The lowest BCUT2D eigenvalue weighted by atomic mass is 10.1. The van der Waals surface area contributed by atoms with Gasteiger partial charge in [0.1, 0.15) is 6.10 Å². The van der Waals surface area contributed by atoms with E-state index in [2.05, 4.69) is 10.1 Å². The van der Waals surface area contributed by atoms with Gasteiger partial charge in [-0.25, -0.2) is 0 Å². The molecular formula is C13H17N3O2. The van der Waals surface area contributed by atoms with Gasteiger partial charge in [-0.05, 0) is 24.1 Å². The fourth-order valence-corrected chi connectivity index (χ4v) is 1.72. The quantitative estimate of drug-likeness (QED) is 0.877. The van der Waals surface area contributed by atoms with Crippen molar-refractivity contribution in [2.75, 3.05) is 7.11 Å². The predicted octanol–water partition coefficient (Wildman–Crippen LogP) is 2.29. The van der Waals surface area contributed by atoms with E-state index in [9.17, 15) is 0 Å². The summed E-state index contributed by atoms with van der Waals surface area (Å²) in [5.41, 5.74) is 7.51. The fourth-order valence-electron chi connectivity index (χ4n) is 1.72. The second-order valence-corrected chi connectivity index (χ2v) is 3.99. The Labute approximate surface area is 106 Å². The molecule has 2 N–H and O–H groups in total. The minimum atomic E-state index is -0.120. The van der Waals surface area contributed by atoms with Crippen molar-refractivity contribution in [3.8, 4) is 11.5 Å². The highest BCUT2D eigenvalue weighted by molar-refractivity contribution is 5.53. The minimum absolute atomic E-state index is 0.120. The number of rotatable bonds is 5. The average molecular weight is 247 g/mol. The molecule has 0 amide bonds. The Balaban J connectivity index is 2.23. The maximum Gasteiger partial charge on any atom is 0.258 e. The first-order chi connectivity index (χ1) is 8.78. The Bertz CT molecular complexity index is 489. The molecule has 1 aromatic heterocycles. The number of aromatic nitrogens is 2. The maximum atomic E-state index is 5.55. The largest absolute Gasteiger partial charge is 0.373 e. The molecule has 1 aromatic carbocycles. The predicted molar refractivity (Wildman–Crippen MR) is 67.7 cm³/mol. The third-order valence-electron chi connectivity index (χ3n) is 2.82. The molecule has 0 spiro atoms. The molecule has 0 aliphatic carbocycles. The molecular weight excluding hydrogens is 230 g/mol. The molecule has 5 nitrogen and oxygen atoms in total. The van der Waals surface area contributed by atoms with Gasteiger partial charge in [0.05, 0.1) is 0 Å². The van der Waals surface area contributed by atoms with Gasteiger partial charge in [0.2, 0.25) is 5.82 Å². The van der Waals surface area contributed by atoms with Crippen molar-refractivity contribution >= 4 is 0 Å². The number of ether oxygens (including phenoxy) is 1. The first kappa shape index (κ1) is 12.7. The first-order valence-electron chi connectivity index (χ1n) is 5.94. The molecule has 0 bridgehead atoms. The minimum Gasteiger partial charge on any atom is -0.373 e. The van der Waals surface area contributed by atoms with Crippen LogP contribution < -0.4 is 5.73 Å². The number of benzene rings is 1. The van der Waals surface area contributed by atoms with E-state index in [-0.39, 0.29) is 6.10 Å². The van der Waals surface area contributed by atoms with Crippen molar-refractivity contribution in [1.29, 1.82) is 0 Å². The number of hydrogen-bond donors (Lipinski definition) is 1. The summed E-state index contributed by atoms with van der Waals surface area (Å²) in [6.45, 7) is 2.54. The first-order valence-corrected chi connectivity index (χ1v) is 5.94. The third-order valence-corrected chi connectivity index (χ3v) is 2.82. The van der Waals surface area contributed by atoms with Crippen LogP contribution in [0.1, 0.15) is 30.8 Å². The van der Waals surface area contributed by atoms with Crippen molar-refractivity contribution in [3.05, 3.63) is 35.7 Å². The van der Waals surface area contributed by atoms with Crippen LogP contribution in [0.3, 0.4) is 0 Å². The van der Waals surface area contributed by atoms with Crippen molar-refractivity contribution in [1.82, 2.24) is 10.1 Å². The average Bonchev–Trinajstić information content (AvgIpc) is 2.90. The lowest BCUT2D eigenvalue weighted by Crippen LogP contribution is -2.01. The van der Waals surface area contributed by atoms with Crippen LogP contribution in [0.15, 0.2) is 28.8 Å². The van der Waals surface area contributed by atoms with Crippen molar-refractivity contribution in [2.45, 2.75) is 26.0 Å². The second kappa shape index (κ2) is 5.75. The summed E-state index contributed by atoms with van der Waals surface area (Å²) in [7, 11) is 1.64. The Kier molecular flexibility index (Phi) is 4.07. The van der Waals surface area contributed by atoms with Gasteiger partial charge < -0.3 is 15.0 Å². The number of methoxy groups -OCH3 is 1. The Hall–Kier alpha value is -1.72. The lowest BCUT2D eigenvalue weighted by molar-refractivity contribution is 0.0903. The molecule has 1 atom stereocenters. The zero-order valence-electron chi connectivity index (χ0n) is 10.6. The van der Waals surface area contributed by atoms with Crippen molar-refractivity contribution in [3.63, 3.8) is 0 Å². The van der Waals surface area contributed by atoms with Crippen LogP contribution in [0.4, 0.5) is 0 Å². The molecule has 1 heterocycles. The molecule has 18 heavy (non-hydrogen) atoms. The van der Waals surface area contributed by atoms with Crippen LogP contribution in [0.2, 0.25) is 0 Å². The van der Waals surface area contributed by atoms with Crippen LogP contribution in [0, 0.1) is 0 Å². The summed E-state index contributed by atoms with van der Waals surface area (Å²) in [4.78, 5) is 4.34. The third kappa shape index (κ3) is 2.57. The Morgan fingerprint density at radius 3 is 2.61 bits per heavy atom. The van der Waals surface area contributed by atoms with Gasteiger partial charge in [0, 0.05) is 19.2 Å². The van der Waals surface area contributed by atoms with E-state index in [1.807, 2.05) is 31.2 Å². The summed E-state index contributed by atoms with van der Waals surface area (Å²) in [5.74, 6) is 1.09. The van der Waals surface area contributed by atoms with E-state index in [0.717, 1.165) is 17.5 Å². The molecule has 1 unspecified atom stereocenters. The van der Waals surface area contributed by atoms with Gasteiger partial charge in [-0.3, -0.25) is 0 Å². The molecule has 2 aromatic rings. The van der Waals surface area contributed by atoms with Crippen LogP contribution in [-0.2, 0) is 11.3 Å². The van der Waals surface area contributed by atoms with E-state index in [1.165, 1.54) is 0 Å². The van der Waals surface area contributed by atoms with E-state index < -0.39 is 0 Å². The summed E-state index contributed by atoms with van der Waals surface area (Å²) in [6, 6.07) is 7.75. The zero-order valence-corrected chi connectivity index (χ0v) is 10.6. The Morgan fingerprint density at radius 1 is 1.33 bits per heavy atom. The molecule has 0 saturated heterocycles. The van der Waals surface area contributed by atoms with Crippen LogP contribution >= 0.6 is 0 Å². The maximum absolute atomic E-state index is 5.55. The van der Waals surface area contributed by atoms with Gasteiger partial charge in [-0.2, -0.15) is 4.98 Å². The van der Waals surface area contributed by atoms with E-state index in [4.69, 9.17) is 15.0 Å². The molecule has 0 aliphatic heterocycles. The lowest BCUT2D eigenvalue weighted by Gasteiger charge is -2.06. The van der Waals surface area contributed by atoms with Gasteiger partial charge in [0.15, 0.2) is 0 Å². The van der Waals surface area contributed by atoms with Crippen molar-refractivity contribution in [2.24, 2.45) is 5.73 Å². The summed E-state index contributed by atoms with van der Waals surface area (Å²) in [5, 5.41) is 3.94. The topological polar surface area (TPSA) is 74.2 Å². The molecule has 96 valence electrons. The Morgan fingerprint density at radius 2 is 2.06 bits per heavy atom. The van der Waals surface area contributed by atoms with Crippen molar-refractivity contribution < 1.29 is 9.26 Å². The highest BCUT2D eigenvalue weighted by Gasteiger charge is 2.16. The normalized spacial score (nSPS) is 12.6. The molecule has 0 saturated carbocycles. The van der Waals surface area contributed by atoms with Gasteiger partial charge >= 0.3 is 0 Å². The molecule has 0 fully saturated rings. The smallest absolute Gasteiger partial charge is 0.258 e. The number of hydrogen-bond acceptors (Lipinski definition) is 5. The second-order valence-electron chi connectivity index (χ2n) is 3.99. The standard InChI is InChI=1S/C13H17N3O2/c1-3-11(17-2)12-15-13(18-16-12)10-6-4-9(8-14)5-7-10/h4-7,11H,3,8,14H2,1-2H3. The van der Waals surface area contributed by atoms with Crippen LogP contribution in [0.25, 0.3) is 11.5 Å². The van der Waals surface area contributed by atoms with E-state index >= 15 is 0 Å². The van der Waals surface area contributed by atoms with Gasteiger partial charge in [0.25, 0.3) is 5.89 Å². The van der Waals surface area contributed by atoms with Gasteiger partial charge in [-0.15, -0.1) is 0 Å². The molecule has 0 aliphatic rings. The number of nitrogens with zero attached hydrogens (tertiary/aromatic N) is 2. The summed E-state index contributed by atoms with van der Waals surface area (Å²) >= 11 is 0. The van der Waals surface area contributed by atoms with Gasteiger partial charge in [-0.1, -0.05) is 24.2 Å². The SMILES string of the molecule is CCC(OC)c1noc(-c2ccc(CN)cc2)n1. The number of nitrogens with two attached hydrogens (primary N) is 1. The summed E-state index contributed by atoms with van der Waals surface area (Å²) < 4.78 is 10.5. The van der Waals surface area contributed by atoms with E-state index in [0.29, 0.717) is 18.3 Å². The van der Waals surface area contributed by atoms with Crippen LogP contribution in [-0.4, -0.2) is 17.3 Å². The monoisotopic (exact) mass is 247 g/mol. The summed E-state index contributed by atoms with van der Waals surface area (Å²) in [6.07, 6.45) is 0.688. The highest BCUT2D eigenvalue weighted by atomic mass is 16.5. The molecule has 2 rings (SSSR count). The fraction of sp³-hybridized carbons (Fsp3) is 0.385. The van der Waals surface area contributed by atoms with Crippen LogP contribution in [0.5, 0.6) is 0 Å². The zero-order chi connectivity index (χ0) is 13.0. The van der Waals surface area contributed by atoms with E-state index in [1.54, 1.807) is 7.11 Å².